The number of thioether (sulfide) groups is 1. The Bertz CT molecular complexity index is 726. The Kier molecular flexibility index (Phi) is 6.58. The maximum Gasteiger partial charge on any atom is 0.346 e. The van der Waals surface area contributed by atoms with E-state index in [2.05, 4.69) is 10.1 Å². The van der Waals surface area contributed by atoms with Crippen molar-refractivity contribution in [1.29, 1.82) is 0 Å². The van der Waals surface area contributed by atoms with E-state index in [1.54, 1.807) is 4.90 Å². The number of hydrogen-bond donors (Lipinski definition) is 0. The van der Waals surface area contributed by atoms with Crippen LogP contribution < -0.4 is 0 Å². The molecule has 1 unspecified atom stereocenters. The number of rotatable bonds is 6. The molecule has 134 valence electrons. The Morgan fingerprint density at radius 3 is 2.44 bits per heavy atom. The zero-order chi connectivity index (χ0) is 18.4. The van der Waals surface area contributed by atoms with Crippen LogP contribution in [0.15, 0.2) is 35.7 Å². The van der Waals surface area contributed by atoms with Crippen molar-refractivity contribution in [2.45, 2.75) is 31.2 Å². The van der Waals surface area contributed by atoms with Crippen molar-refractivity contribution >= 4 is 23.8 Å². The first-order chi connectivity index (χ1) is 12.0. The van der Waals surface area contributed by atoms with E-state index < -0.39 is 5.25 Å². The van der Waals surface area contributed by atoms with E-state index in [4.69, 9.17) is 4.74 Å². The van der Waals surface area contributed by atoms with Crippen LogP contribution in [0.3, 0.4) is 0 Å². The largest absolute Gasteiger partial charge is 0.468 e. The Balaban J connectivity index is 2.21. The third-order valence-electron chi connectivity index (χ3n) is 3.72. The third kappa shape index (κ3) is 4.60. The lowest BCUT2D eigenvalue weighted by molar-refractivity contribution is -0.140. The zero-order valence-electron chi connectivity index (χ0n) is 14.8. The average Bonchev–Trinajstić information content (AvgIpc) is 3.09. The minimum Gasteiger partial charge on any atom is -0.468 e. The first-order valence-corrected chi connectivity index (χ1v) is 8.90. The van der Waals surface area contributed by atoms with Crippen molar-refractivity contribution in [3.8, 4) is 0 Å². The van der Waals surface area contributed by atoms with E-state index in [0.717, 1.165) is 22.9 Å². The molecule has 0 fully saturated rings. The number of carbonyl (C=O) groups is 2. The molecule has 0 saturated heterocycles. The van der Waals surface area contributed by atoms with Crippen LogP contribution >= 0.6 is 11.8 Å². The summed E-state index contributed by atoms with van der Waals surface area (Å²) in [6.07, 6.45) is 1.37. The minimum absolute atomic E-state index is 0.241. The number of benzene rings is 1. The summed E-state index contributed by atoms with van der Waals surface area (Å²) in [5.41, 5.74) is 1.90. The molecule has 1 amide bonds. The van der Waals surface area contributed by atoms with Gasteiger partial charge in [-0.15, -0.1) is 5.10 Å². The molecule has 2 aromatic rings. The Labute approximate surface area is 151 Å². The van der Waals surface area contributed by atoms with Crippen LogP contribution in [0.2, 0.25) is 0 Å². The summed E-state index contributed by atoms with van der Waals surface area (Å²) in [7, 11) is 1.35. The van der Waals surface area contributed by atoms with E-state index in [1.165, 1.54) is 18.1 Å². The molecule has 1 aromatic heterocycles. The van der Waals surface area contributed by atoms with Gasteiger partial charge in [0.25, 0.3) is 0 Å². The minimum atomic E-state index is -0.593. The molecule has 0 aliphatic heterocycles. The smallest absolute Gasteiger partial charge is 0.346 e. The van der Waals surface area contributed by atoms with Gasteiger partial charge in [-0.3, -0.25) is 4.79 Å². The molecule has 8 heteroatoms. The Morgan fingerprint density at radius 1 is 1.24 bits per heavy atom. The molecule has 0 radical (unpaired) electrons. The van der Waals surface area contributed by atoms with Gasteiger partial charge < -0.3 is 9.64 Å². The molecule has 2 rings (SSSR count). The molecular formula is C17H22N4O3S. The number of nitrogens with zero attached hydrogens (tertiary/aromatic N) is 4. The topological polar surface area (TPSA) is 77.3 Å². The number of aryl methyl sites for hydroxylation is 1. The van der Waals surface area contributed by atoms with Crippen LogP contribution in [0.5, 0.6) is 0 Å². The van der Waals surface area contributed by atoms with Gasteiger partial charge in [0.05, 0.1) is 7.11 Å². The van der Waals surface area contributed by atoms with Crippen molar-refractivity contribution in [2.24, 2.45) is 0 Å². The number of ether oxygens (including phenoxy) is 1. The lowest BCUT2D eigenvalue weighted by Gasteiger charge is -2.17. The fraction of sp³-hybridized carbons (Fsp3) is 0.412. The number of carbonyl (C=O) groups excluding carboxylic acids is 2. The van der Waals surface area contributed by atoms with Gasteiger partial charge in [-0.1, -0.05) is 41.6 Å². The Morgan fingerprint density at radius 2 is 1.88 bits per heavy atom. The van der Waals surface area contributed by atoms with Gasteiger partial charge in [0.1, 0.15) is 11.6 Å². The molecule has 1 heterocycles. The highest BCUT2D eigenvalue weighted by atomic mass is 32.2. The Hall–Kier alpha value is -2.35. The quantitative estimate of drug-likeness (QED) is 0.581. The van der Waals surface area contributed by atoms with Crippen molar-refractivity contribution in [1.82, 2.24) is 19.7 Å². The van der Waals surface area contributed by atoms with Crippen LogP contribution in [0.1, 0.15) is 30.2 Å². The molecule has 0 N–H and O–H groups in total. The maximum absolute atomic E-state index is 12.3. The molecular weight excluding hydrogens is 340 g/mol. The van der Waals surface area contributed by atoms with Crippen LogP contribution in [0.4, 0.5) is 4.79 Å². The summed E-state index contributed by atoms with van der Waals surface area (Å²) >= 11 is 1.16. The zero-order valence-corrected chi connectivity index (χ0v) is 15.6. The normalized spacial score (nSPS) is 11.8. The van der Waals surface area contributed by atoms with Crippen LogP contribution in [-0.4, -0.2) is 51.9 Å². The first-order valence-electron chi connectivity index (χ1n) is 8.02. The number of aromatic nitrogens is 3. The van der Waals surface area contributed by atoms with Gasteiger partial charge >= 0.3 is 12.0 Å². The summed E-state index contributed by atoms with van der Waals surface area (Å²) in [5.74, 6) is -0.389. The van der Waals surface area contributed by atoms with Crippen LogP contribution in [-0.2, 0) is 9.53 Å². The second-order valence-corrected chi connectivity index (χ2v) is 6.43. The fourth-order valence-corrected chi connectivity index (χ4v) is 3.18. The SMILES string of the molecule is CCN(CC)C(=O)n1cnc(SC(C(=O)OC)c2ccc(C)cc2)n1. The van der Waals surface area contributed by atoms with E-state index in [1.807, 2.05) is 45.0 Å². The highest BCUT2D eigenvalue weighted by molar-refractivity contribution is 8.00. The second kappa shape index (κ2) is 8.66. The molecule has 0 aliphatic carbocycles. The van der Waals surface area contributed by atoms with Gasteiger partial charge in [-0.2, -0.15) is 4.68 Å². The van der Waals surface area contributed by atoms with Crippen molar-refractivity contribution in [3.63, 3.8) is 0 Å². The van der Waals surface area contributed by atoms with Gasteiger partial charge in [0.2, 0.25) is 5.16 Å². The number of methoxy groups -OCH3 is 1. The lowest BCUT2D eigenvalue weighted by Crippen LogP contribution is -2.34. The standard InChI is InChI=1S/C17H22N4O3S/c1-5-20(6-2)17(23)21-11-18-16(19-21)25-14(15(22)24-4)13-9-7-12(3)8-10-13/h7-11,14H,5-6H2,1-4H3. The van der Waals surface area contributed by atoms with E-state index in [9.17, 15) is 9.59 Å². The van der Waals surface area contributed by atoms with Crippen molar-refractivity contribution in [3.05, 3.63) is 41.7 Å². The number of esters is 1. The second-order valence-electron chi connectivity index (χ2n) is 5.36. The van der Waals surface area contributed by atoms with Crippen LogP contribution in [0.25, 0.3) is 0 Å². The van der Waals surface area contributed by atoms with Gasteiger partial charge in [0, 0.05) is 13.1 Å². The monoisotopic (exact) mass is 362 g/mol. The van der Waals surface area contributed by atoms with E-state index in [-0.39, 0.29) is 12.0 Å². The molecule has 0 spiro atoms. The van der Waals surface area contributed by atoms with Crippen LogP contribution in [0, 0.1) is 6.92 Å². The molecule has 25 heavy (non-hydrogen) atoms. The van der Waals surface area contributed by atoms with Gasteiger partial charge in [0.15, 0.2) is 0 Å². The summed E-state index contributed by atoms with van der Waals surface area (Å²) in [6.45, 7) is 6.96. The molecule has 0 bridgehead atoms. The summed E-state index contributed by atoms with van der Waals surface area (Å²) < 4.78 is 6.09. The number of amides is 1. The predicted octanol–water partition coefficient (Wildman–Crippen LogP) is 2.90. The average molecular weight is 362 g/mol. The number of hydrogen-bond acceptors (Lipinski definition) is 6. The first kappa shape index (κ1) is 19.0. The molecule has 7 nitrogen and oxygen atoms in total. The summed E-state index contributed by atoms with van der Waals surface area (Å²) in [4.78, 5) is 30.2. The highest BCUT2D eigenvalue weighted by Crippen LogP contribution is 2.34. The van der Waals surface area contributed by atoms with E-state index in [0.29, 0.717) is 18.2 Å². The van der Waals surface area contributed by atoms with Crippen molar-refractivity contribution in [2.75, 3.05) is 20.2 Å². The van der Waals surface area contributed by atoms with E-state index >= 15 is 0 Å². The maximum atomic E-state index is 12.3. The predicted molar refractivity (Wildman–Crippen MR) is 95.5 cm³/mol. The highest BCUT2D eigenvalue weighted by Gasteiger charge is 2.25. The molecule has 0 aliphatic rings. The summed E-state index contributed by atoms with van der Waals surface area (Å²) in [6, 6.07) is 7.38. The molecule has 1 aromatic carbocycles. The van der Waals surface area contributed by atoms with Gasteiger partial charge in [-0.25, -0.2) is 9.78 Å². The lowest BCUT2D eigenvalue weighted by atomic mass is 10.1. The van der Waals surface area contributed by atoms with Gasteiger partial charge in [-0.05, 0) is 26.3 Å². The summed E-state index contributed by atoms with van der Waals surface area (Å²) in [5, 5.41) is 3.95. The fourth-order valence-electron chi connectivity index (χ4n) is 2.24. The van der Waals surface area contributed by atoms with Crippen molar-refractivity contribution < 1.29 is 14.3 Å². The molecule has 0 saturated carbocycles. The molecule has 1 atom stereocenters. The third-order valence-corrected chi connectivity index (χ3v) is 4.82.